The number of thiophene rings is 1. The van der Waals surface area contributed by atoms with Gasteiger partial charge in [0, 0.05) is 29.4 Å². The molecular formula is C29H37ClN2O4S. The number of piperidine rings is 1. The summed E-state index contributed by atoms with van der Waals surface area (Å²) >= 11 is 7.94. The number of nitrogens with zero attached hydrogens (tertiary/aromatic N) is 2. The van der Waals surface area contributed by atoms with E-state index in [9.17, 15) is 15.0 Å². The first kappa shape index (κ1) is 27.8. The van der Waals surface area contributed by atoms with Crippen molar-refractivity contribution in [3.63, 3.8) is 0 Å². The molecule has 0 radical (unpaired) electrons. The molecule has 0 aliphatic carbocycles. The molecule has 6 nitrogen and oxygen atoms in total. The van der Waals surface area contributed by atoms with Crippen molar-refractivity contribution in [1.29, 1.82) is 0 Å². The Balaban J connectivity index is 1.32. The number of likely N-dealkylation sites (tertiary alicyclic amines) is 1. The monoisotopic (exact) mass is 544 g/mol. The van der Waals surface area contributed by atoms with E-state index in [1.54, 1.807) is 24.6 Å². The van der Waals surface area contributed by atoms with Crippen molar-refractivity contribution in [3.05, 3.63) is 57.4 Å². The van der Waals surface area contributed by atoms with Gasteiger partial charge < -0.3 is 19.8 Å². The van der Waals surface area contributed by atoms with Crippen LogP contribution in [0.3, 0.4) is 0 Å². The zero-order valence-corrected chi connectivity index (χ0v) is 23.0. The molecule has 1 saturated heterocycles. The lowest BCUT2D eigenvalue weighted by Gasteiger charge is -2.39. The fourth-order valence-corrected chi connectivity index (χ4v) is 6.77. The normalized spacial score (nSPS) is 19.2. The first-order valence-electron chi connectivity index (χ1n) is 13.2. The summed E-state index contributed by atoms with van der Waals surface area (Å²) in [6.45, 7) is 3.00. The highest BCUT2D eigenvalue weighted by atomic mass is 35.5. The Morgan fingerprint density at radius 3 is 2.86 bits per heavy atom. The van der Waals surface area contributed by atoms with E-state index in [0.717, 1.165) is 79.0 Å². The average Bonchev–Trinajstić information content (AvgIpc) is 3.32. The Morgan fingerprint density at radius 1 is 1.24 bits per heavy atom. The first-order chi connectivity index (χ1) is 17.9. The maximum absolute atomic E-state index is 11.3. The molecule has 4 rings (SSSR count). The highest BCUT2D eigenvalue weighted by Crippen LogP contribution is 2.35. The van der Waals surface area contributed by atoms with E-state index in [4.69, 9.17) is 16.3 Å². The van der Waals surface area contributed by atoms with E-state index in [-0.39, 0.29) is 6.42 Å². The number of aryl methyl sites for hydroxylation is 1. The predicted octanol–water partition coefficient (Wildman–Crippen LogP) is 6.60. The Kier molecular flexibility index (Phi) is 10.2. The first-order valence-corrected chi connectivity index (χ1v) is 14.5. The summed E-state index contributed by atoms with van der Waals surface area (Å²) in [4.78, 5) is 19.5. The van der Waals surface area contributed by atoms with Crippen molar-refractivity contribution in [1.82, 2.24) is 9.88 Å². The molecule has 3 heterocycles. The summed E-state index contributed by atoms with van der Waals surface area (Å²) in [6, 6.07) is 9.58. The summed E-state index contributed by atoms with van der Waals surface area (Å²) in [6.07, 6.45) is 7.83. The number of aliphatic hydroxyl groups excluding tert-OH is 1. The van der Waals surface area contributed by atoms with Crippen molar-refractivity contribution in [2.24, 2.45) is 11.8 Å². The van der Waals surface area contributed by atoms with E-state index in [1.165, 1.54) is 4.88 Å². The van der Waals surface area contributed by atoms with Gasteiger partial charge in [0.1, 0.15) is 5.75 Å². The molecule has 1 aliphatic heterocycles. The largest absolute Gasteiger partial charge is 0.497 e. The summed E-state index contributed by atoms with van der Waals surface area (Å²) in [5.74, 6) is 0.755. The molecule has 0 unspecified atom stereocenters. The van der Waals surface area contributed by atoms with Crippen LogP contribution in [0.25, 0.3) is 10.9 Å². The van der Waals surface area contributed by atoms with E-state index < -0.39 is 12.1 Å². The van der Waals surface area contributed by atoms with Gasteiger partial charge in [-0.3, -0.25) is 9.78 Å². The fraction of sp³-hybridized carbons (Fsp3) is 0.517. The molecule has 0 spiro atoms. The van der Waals surface area contributed by atoms with Gasteiger partial charge in [0.2, 0.25) is 0 Å². The van der Waals surface area contributed by atoms with Gasteiger partial charge >= 0.3 is 5.97 Å². The number of aliphatic hydroxyl groups is 1. The van der Waals surface area contributed by atoms with Gasteiger partial charge in [-0.1, -0.05) is 11.6 Å². The number of hydrogen-bond donors (Lipinski definition) is 2. The Hall–Kier alpha value is -2.19. The second kappa shape index (κ2) is 13.6. The number of hydrogen-bond acceptors (Lipinski definition) is 6. The second-order valence-corrected chi connectivity index (χ2v) is 11.5. The van der Waals surface area contributed by atoms with Gasteiger partial charge in [0.15, 0.2) is 0 Å². The number of aromatic nitrogens is 1. The minimum absolute atomic E-state index is 0.198. The lowest BCUT2D eigenvalue weighted by molar-refractivity contribution is -0.137. The Morgan fingerprint density at radius 2 is 2.11 bits per heavy atom. The lowest BCUT2D eigenvalue weighted by Crippen LogP contribution is -2.41. The Labute approximate surface area is 228 Å². The fourth-order valence-electron chi connectivity index (χ4n) is 5.59. The molecule has 3 atom stereocenters. The van der Waals surface area contributed by atoms with Gasteiger partial charge in [-0.15, -0.1) is 11.3 Å². The third-order valence-electron chi connectivity index (χ3n) is 7.68. The molecule has 2 aromatic heterocycles. The van der Waals surface area contributed by atoms with Gasteiger partial charge in [-0.25, -0.2) is 0 Å². The van der Waals surface area contributed by atoms with E-state index in [1.807, 2.05) is 35.7 Å². The standard InChI is InChI=1S/C29H37ClN2O4S/c1-36-22-7-8-26-24(18-22)23(11-14-31-26)27(33)9-5-20-12-16-32(19-21(20)6-10-29(34)35)15-3-2-4-28-25(30)13-17-37-28/h7-8,11,13-14,17-18,20-21,27,33H,2-6,9-10,12,15-16,19H2,1H3,(H,34,35)/t20-,21-,27-/m1/s1. The van der Waals surface area contributed by atoms with E-state index >= 15 is 0 Å². The van der Waals surface area contributed by atoms with Crippen LogP contribution >= 0.6 is 22.9 Å². The number of ether oxygens (including phenoxy) is 1. The molecule has 0 bridgehead atoms. The molecule has 0 saturated carbocycles. The second-order valence-electron chi connectivity index (χ2n) is 10.1. The van der Waals surface area contributed by atoms with Crippen LogP contribution in [-0.4, -0.2) is 52.8 Å². The van der Waals surface area contributed by atoms with E-state index in [0.29, 0.717) is 24.7 Å². The maximum Gasteiger partial charge on any atom is 0.303 e. The minimum Gasteiger partial charge on any atom is -0.497 e. The number of carboxylic acids is 1. The SMILES string of the molecule is COc1ccc2nccc([C@H](O)CC[C@@H]3CCN(CCCCc4sccc4Cl)C[C@H]3CCC(=O)O)c2c1. The molecule has 1 aliphatic rings. The molecule has 8 heteroatoms. The molecule has 37 heavy (non-hydrogen) atoms. The number of unbranched alkanes of at least 4 members (excludes halogenated alkanes) is 1. The van der Waals surface area contributed by atoms with Crippen molar-refractivity contribution in [3.8, 4) is 5.75 Å². The number of halogens is 1. The quantitative estimate of drug-likeness (QED) is 0.236. The van der Waals surface area contributed by atoms with Crippen LogP contribution in [0.15, 0.2) is 41.9 Å². The van der Waals surface area contributed by atoms with Gasteiger partial charge in [-0.05, 0) is 111 Å². The third-order valence-corrected chi connectivity index (χ3v) is 9.12. The average molecular weight is 545 g/mol. The van der Waals surface area contributed by atoms with Crippen LogP contribution in [0.1, 0.15) is 61.5 Å². The topological polar surface area (TPSA) is 82.9 Å². The molecule has 1 aromatic carbocycles. The smallest absolute Gasteiger partial charge is 0.303 e. The van der Waals surface area contributed by atoms with E-state index in [2.05, 4.69) is 9.88 Å². The number of methoxy groups -OCH3 is 1. The van der Waals surface area contributed by atoms with Gasteiger partial charge in [0.25, 0.3) is 0 Å². The number of aliphatic carboxylic acids is 1. The maximum atomic E-state index is 11.3. The van der Waals surface area contributed by atoms with Crippen LogP contribution in [-0.2, 0) is 11.2 Å². The highest BCUT2D eigenvalue weighted by molar-refractivity contribution is 7.10. The number of carboxylic acid groups (broad SMARTS) is 1. The van der Waals surface area contributed by atoms with Crippen molar-refractivity contribution in [2.45, 2.75) is 57.5 Å². The third kappa shape index (κ3) is 7.66. The van der Waals surface area contributed by atoms with Crippen LogP contribution in [0.5, 0.6) is 5.75 Å². The zero-order valence-electron chi connectivity index (χ0n) is 21.4. The molecule has 200 valence electrons. The molecule has 1 fully saturated rings. The summed E-state index contributed by atoms with van der Waals surface area (Å²) in [5.41, 5.74) is 1.71. The Bertz CT molecular complexity index is 1170. The van der Waals surface area contributed by atoms with Crippen LogP contribution in [0.4, 0.5) is 0 Å². The summed E-state index contributed by atoms with van der Waals surface area (Å²) < 4.78 is 5.37. The van der Waals surface area contributed by atoms with Crippen molar-refractivity contribution < 1.29 is 19.7 Å². The molecular weight excluding hydrogens is 508 g/mol. The van der Waals surface area contributed by atoms with Crippen LogP contribution < -0.4 is 4.74 Å². The summed E-state index contributed by atoms with van der Waals surface area (Å²) in [5, 5.41) is 24.3. The van der Waals surface area contributed by atoms with Gasteiger partial charge in [-0.2, -0.15) is 0 Å². The lowest BCUT2D eigenvalue weighted by atomic mass is 9.79. The molecule has 2 N–H and O–H groups in total. The predicted molar refractivity (Wildman–Crippen MR) is 150 cm³/mol. The van der Waals surface area contributed by atoms with Crippen molar-refractivity contribution in [2.75, 3.05) is 26.7 Å². The molecule has 3 aromatic rings. The number of carbonyl (C=O) groups is 1. The minimum atomic E-state index is -0.735. The van der Waals surface area contributed by atoms with Crippen LogP contribution in [0, 0.1) is 11.8 Å². The highest BCUT2D eigenvalue weighted by Gasteiger charge is 2.30. The summed E-state index contributed by atoms with van der Waals surface area (Å²) in [7, 11) is 1.64. The number of benzene rings is 1. The van der Waals surface area contributed by atoms with Crippen LogP contribution in [0.2, 0.25) is 5.02 Å². The zero-order chi connectivity index (χ0) is 26.2. The number of pyridine rings is 1. The molecule has 0 amide bonds. The van der Waals surface area contributed by atoms with Gasteiger partial charge in [0.05, 0.1) is 23.8 Å². The van der Waals surface area contributed by atoms with Crippen molar-refractivity contribution >= 4 is 39.8 Å². The number of rotatable bonds is 13. The number of fused-ring (bicyclic) bond motifs is 1.